The first kappa shape index (κ1) is 23.3. The summed E-state index contributed by atoms with van der Waals surface area (Å²) in [7, 11) is 0. The second kappa shape index (κ2) is 9.84. The van der Waals surface area contributed by atoms with E-state index < -0.39 is 35.4 Å². The molecule has 0 spiro atoms. The van der Waals surface area contributed by atoms with Crippen LogP contribution in [0.1, 0.15) is 33.2 Å². The summed E-state index contributed by atoms with van der Waals surface area (Å²) in [5.41, 5.74) is -0.695. The monoisotopic (exact) mass is 463 g/mol. The van der Waals surface area contributed by atoms with Gasteiger partial charge in [0, 0.05) is 10.6 Å². The lowest BCUT2D eigenvalue weighted by molar-refractivity contribution is -0.137. The van der Waals surface area contributed by atoms with Gasteiger partial charge in [0.15, 0.2) is 0 Å². The molecule has 0 unspecified atom stereocenters. The number of amides is 1. The Morgan fingerprint density at radius 3 is 2.25 bits per heavy atom. The Hall–Kier alpha value is -3.36. The first-order chi connectivity index (χ1) is 15.2. The molecule has 3 aromatic rings. The zero-order chi connectivity index (χ0) is 23.3. The Labute approximate surface area is 186 Å². The summed E-state index contributed by atoms with van der Waals surface area (Å²) in [5, 5.41) is 11.2. The van der Waals surface area contributed by atoms with Crippen LogP contribution in [0.25, 0.3) is 0 Å². The lowest BCUT2D eigenvalue weighted by Crippen LogP contribution is -2.27. The number of alkyl halides is 3. The van der Waals surface area contributed by atoms with E-state index in [9.17, 15) is 22.8 Å². The number of aliphatic hydroxyl groups excluding tert-OH is 1. The first-order valence-corrected chi connectivity index (χ1v) is 9.70. The SMILES string of the molecule is O=C(O[C@H](C(=O)Nc1ccc(Cl)cc1C(F)(F)F)c1ccccc1)c1ccc(CO)cc1. The summed E-state index contributed by atoms with van der Waals surface area (Å²) >= 11 is 5.68. The smallest absolute Gasteiger partial charge is 0.418 e. The van der Waals surface area contributed by atoms with Crippen molar-refractivity contribution in [2.45, 2.75) is 18.9 Å². The highest BCUT2D eigenvalue weighted by Crippen LogP contribution is 2.37. The van der Waals surface area contributed by atoms with Crippen molar-refractivity contribution in [1.29, 1.82) is 0 Å². The summed E-state index contributed by atoms with van der Waals surface area (Å²) in [5.74, 6) is -1.82. The summed E-state index contributed by atoms with van der Waals surface area (Å²) in [4.78, 5) is 25.5. The number of ether oxygens (including phenoxy) is 1. The maximum absolute atomic E-state index is 13.4. The highest BCUT2D eigenvalue weighted by molar-refractivity contribution is 6.30. The highest BCUT2D eigenvalue weighted by atomic mass is 35.5. The molecule has 0 bridgehead atoms. The standard InChI is InChI=1S/C23H17ClF3NO4/c24-17-10-11-19(18(12-17)23(25,26)27)28-21(30)20(15-4-2-1-3-5-15)32-22(31)16-8-6-14(13-29)7-9-16/h1-12,20,29H,13H2,(H,28,30)/t20-/m0/s1. The number of carbonyl (C=O) groups excluding carboxylic acids is 2. The molecule has 0 aliphatic rings. The third-order valence-corrected chi connectivity index (χ3v) is 4.72. The van der Waals surface area contributed by atoms with Gasteiger partial charge >= 0.3 is 12.1 Å². The number of nitrogens with one attached hydrogen (secondary N) is 1. The van der Waals surface area contributed by atoms with Crippen molar-refractivity contribution in [3.63, 3.8) is 0 Å². The van der Waals surface area contributed by atoms with E-state index in [0.29, 0.717) is 11.6 Å². The van der Waals surface area contributed by atoms with Crippen molar-refractivity contribution >= 4 is 29.2 Å². The molecule has 0 aliphatic heterocycles. The van der Waals surface area contributed by atoms with Gasteiger partial charge in [0.2, 0.25) is 6.10 Å². The van der Waals surface area contributed by atoms with E-state index in [-0.39, 0.29) is 22.8 Å². The van der Waals surface area contributed by atoms with Crippen molar-refractivity contribution in [2.24, 2.45) is 0 Å². The molecular weight excluding hydrogens is 447 g/mol. The van der Waals surface area contributed by atoms with Crippen LogP contribution in [0.2, 0.25) is 5.02 Å². The third-order valence-electron chi connectivity index (χ3n) is 4.48. The van der Waals surface area contributed by atoms with E-state index in [1.807, 2.05) is 0 Å². The number of hydrogen-bond donors (Lipinski definition) is 2. The van der Waals surface area contributed by atoms with Crippen LogP contribution in [-0.4, -0.2) is 17.0 Å². The maximum Gasteiger partial charge on any atom is 0.418 e. The van der Waals surface area contributed by atoms with Gasteiger partial charge in [-0.15, -0.1) is 0 Å². The fraction of sp³-hybridized carbons (Fsp3) is 0.130. The van der Waals surface area contributed by atoms with Gasteiger partial charge in [-0.25, -0.2) is 4.79 Å². The first-order valence-electron chi connectivity index (χ1n) is 9.32. The minimum atomic E-state index is -4.76. The Kier molecular flexibility index (Phi) is 7.17. The van der Waals surface area contributed by atoms with Crippen LogP contribution in [0, 0.1) is 0 Å². The predicted molar refractivity (Wildman–Crippen MR) is 112 cm³/mol. The average molecular weight is 464 g/mol. The van der Waals surface area contributed by atoms with Gasteiger partial charge in [-0.3, -0.25) is 4.79 Å². The van der Waals surface area contributed by atoms with Gasteiger partial charge in [0.1, 0.15) is 0 Å². The van der Waals surface area contributed by atoms with Gasteiger partial charge in [-0.05, 0) is 35.9 Å². The molecule has 9 heteroatoms. The molecule has 5 nitrogen and oxygen atoms in total. The van der Waals surface area contributed by atoms with E-state index >= 15 is 0 Å². The zero-order valence-corrected chi connectivity index (χ0v) is 17.2. The molecule has 0 saturated carbocycles. The van der Waals surface area contributed by atoms with Gasteiger partial charge in [0.05, 0.1) is 23.4 Å². The molecule has 3 aromatic carbocycles. The van der Waals surface area contributed by atoms with Crippen LogP contribution in [0.4, 0.5) is 18.9 Å². The molecule has 1 amide bonds. The van der Waals surface area contributed by atoms with Gasteiger partial charge < -0.3 is 15.2 Å². The van der Waals surface area contributed by atoms with E-state index in [0.717, 1.165) is 6.07 Å². The number of anilines is 1. The van der Waals surface area contributed by atoms with E-state index in [4.69, 9.17) is 21.4 Å². The normalized spacial score (nSPS) is 12.2. The van der Waals surface area contributed by atoms with Crippen LogP contribution in [0.5, 0.6) is 0 Å². The van der Waals surface area contributed by atoms with Crippen LogP contribution < -0.4 is 5.32 Å². The van der Waals surface area contributed by atoms with E-state index in [1.54, 1.807) is 18.2 Å². The molecule has 32 heavy (non-hydrogen) atoms. The highest BCUT2D eigenvalue weighted by Gasteiger charge is 2.35. The minimum absolute atomic E-state index is 0.110. The molecular formula is C23H17ClF3NO4. The number of hydrogen-bond acceptors (Lipinski definition) is 4. The maximum atomic E-state index is 13.4. The lowest BCUT2D eigenvalue weighted by Gasteiger charge is -2.20. The second-order valence-corrected chi connectivity index (χ2v) is 7.16. The van der Waals surface area contributed by atoms with E-state index in [2.05, 4.69) is 5.32 Å². The molecule has 0 aliphatic carbocycles. The third kappa shape index (κ3) is 5.66. The molecule has 0 heterocycles. The fourth-order valence-corrected chi connectivity index (χ4v) is 3.05. The summed E-state index contributed by atoms with van der Waals surface area (Å²) in [6.45, 7) is -0.215. The lowest BCUT2D eigenvalue weighted by atomic mass is 10.1. The largest absolute Gasteiger partial charge is 0.444 e. The minimum Gasteiger partial charge on any atom is -0.444 e. The quantitative estimate of drug-likeness (QED) is 0.481. The van der Waals surface area contributed by atoms with Crippen LogP contribution in [-0.2, 0) is 22.3 Å². The number of esters is 1. The number of aliphatic hydroxyl groups is 1. The Morgan fingerprint density at radius 2 is 1.66 bits per heavy atom. The summed E-state index contributed by atoms with van der Waals surface area (Å²) in [6, 6.07) is 16.7. The Bertz CT molecular complexity index is 1100. The van der Waals surface area contributed by atoms with E-state index in [1.165, 1.54) is 42.5 Å². The summed E-state index contributed by atoms with van der Waals surface area (Å²) < 4.78 is 45.5. The Morgan fingerprint density at radius 1 is 1.00 bits per heavy atom. The van der Waals surface area contributed by atoms with Crippen molar-refractivity contribution in [3.8, 4) is 0 Å². The molecule has 0 radical (unpaired) electrons. The van der Waals surface area contributed by atoms with Crippen LogP contribution >= 0.6 is 11.6 Å². The number of halogens is 4. The van der Waals surface area contributed by atoms with Crippen molar-refractivity contribution < 1.29 is 32.6 Å². The number of benzene rings is 3. The molecule has 166 valence electrons. The van der Waals surface area contributed by atoms with Gasteiger partial charge in [0.25, 0.3) is 5.91 Å². The van der Waals surface area contributed by atoms with Crippen molar-refractivity contribution in [2.75, 3.05) is 5.32 Å². The molecule has 1 atom stereocenters. The molecule has 0 saturated heterocycles. The van der Waals surface area contributed by atoms with Crippen LogP contribution in [0.15, 0.2) is 72.8 Å². The fourth-order valence-electron chi connectivity index (χ4n) is 2.88. The zero-order valence-electron chi connectivity index (χ0n) is 16.4. The summed E-state index contributed by atoms with van der Waals surface area (Å²) in [6.07, 6.45) is -6.28. The molecule has 0 fully saturated rings. The van der Waals surface area contributed by atoms with Crippen LogP contribution in [0.3, 0.4) is 0 Å². The topological polar surface area (TPSA) is 75.6 Å². The Balaban J connectivity index is 1.90. The number of carbonyl (C=O) groups is 2. The second-order valence-electron chi connectivity index (χ2n) is 6.73. The van der Waals surface area contributed by atoms with Gasteiger partial charge in [-0.2, -0.15) is 13.2 Å². The molecule has 3 rings (SSSR count). The average Bonchev–Trinajstić information content (AvgIpc) is 2.78. The van der Waals surface area contributed by atoms with Crippen molar-refractivity contribution in [1.82, 2.24) is 0 Å². The predicted octanol–water partition coefficient (Wildman–Crippen LogP) is 5.39. The molecule has 0 aromatic heterocycles. The van der Waals surface area contributed by atoms with Crippen molar-refractivity contribution in [3.05, 3.63) is 100 Å². The molecule has 2 N–H and O–H groups in total. The number of rotatable bonds is 6. The van der Waals surface area contributed by atoms with Gasteiger partial charge in [-0.1, -0.05) is 54.1 Å².